The first-order valence-corrected chi connectivity index (χ1v) is 7.59. The first kappa shape index (κ1) is 15.4. The summed E-state index contributed by atoms with van der Waals surface area (Å²) < 4.78 is 30.5. The van der Waals surface area contributed by atoms with Crippen LogP contribution in [-0.4, -0.2) is 12.7 Å². The second-order valence-corrected chi connectivity index (χ2v) is 5.82. The Kier molecular flexibility index (Phi) is 5.53. The molecule has 1 saturated carbocycles. The van der Waals surface area contributed by atoms with Crippen molar-refractivity contribution in [3.8, 4) is 0 Å². The van der Waals surface area contributed by atoms with Gasteiger partial charge in [-0.3, -0.25) is 0 Å². The summed E-state index contributed by atoms with van der Waals surface area (Å²) in [4.78, 5) is 0. The van der Waals surface area contributed by atoms with E-state index < -0.39 is 6.11 Å². The van der Waals surface area contributed by atoms with Crippen molar-refractivity contribution in [2.75, 3.05) is 6.61 Å². The lowest BCUT2D eigenvalue weighted by Crippen LogP contribution is -2.28. The second kappa shape index (κ2) is 7.16. The smallest absolute Gasteiger partial charge is 0.316 e. The predicted octanol–water partition coefficient (Wildman–Crippen LogP) is 5.25. The molecule has 2 rings (SSSR count). The SMILES string of the molecule is C=CCC/C=C/C1CCC(C2=CCC(F)(F)OC2)CC1. The summed E-state index contributed by atoms with van der Waals surface area (Å²) in [6.07, 6.45) is 11.6. The van der Waals surface area contributed by atoms with E-state index in [1.807, 2.05) is 6.08 Å². The molecule has 0 bridgehead atoms. The molecule has 1 aliphatic heterocycles. The zero-order valence-electron chi connectivity index (χ0n) is 12.0. The molecule has 0 unspecified atom stereocenters. The van der Waals surface area contributed by atoms with Gasteiger partial charge in [-0.15, -0.1) is 6.58 Å². The quantitative estimate of drug-likeness (QED) is 0.494. The van der Waals surface area contributed by atoms with Crippen LogP contribution in [-0.2, 0) is 4.74 Å². The summed E-state index contributed by atoms with van der Waals surface area (Å²) in [6.45, 7) is 3.82. The lowest BCUT2D eigenvalue weighted by atomic mass is 9.78. The van der Waals surface area contributed by atoms with Crippen molar-refractivity contribution in [2.24, 2.45) is 11.8 Å². The van der Waals surface area contributed by atoms with Crippen LogP contribution in [0.15, 0.2) is 36.5 Å². The van der Waals surface area contributed by atoms with Crippen molar-refractivity contribution in [2.45, 2.75) is 51.1 Å². The molecule has 0 N–H and O–H groups in total. The monoisotopic (exact) mass is 282 g/mol. The van der Waals surface area contributed by atoms with E-state index in [-0.39, 0.29) is 13.0 Å². The highest BCUT2D eigenvalue weighted by Gasteiger charge is 2.34. The van der Waals surface area contributed by atoms with Crippen molar-refractivity contribution >= 4 is 0 Å². The van der Waals surface area contributed by atoms with Crippen LogP contribution in [0.25, 0.3) is 0 Å². The van der Waals surface area contributed by atoms with Gasteiger partial charge in [0.25, 0.3) is 0 Å². The van der Waals surface area contributed by atoms with E-state index in [1.54, 1.807) is 6.08 Å². The Balaban J connectivity index is 1.76. The van der Waals surface area contributed by atoms with Gasteiger partial charge in [-0.2, -0.15) is 8.78 Å². The fourth-order valence-corrected chi connectivity index (χ4v) is 3.03. The zero-order chi connectivity index (χ0) is 14.4. The Morgan fingerprint density at radius 1 is 1.25 bits per heavy atom. The van der Waals surface area contributed by atoms with Gasteiger partial charge < -0.3 is 4.74 Å². The second-order valence-electron chi connectivity index (χ2n) is 5.82. The fourth-order valence-electron chi connectivity index (χ4n) is 3.03. The molecular formula is C17H24F2O. The summed E-state index contributed by atoms with van der Waals surface area (Å²) in [6, 6.07) is 0. The topological polar surface area (TPSA) is 9.23 Å². The van der Waals surface area contributed by atoms with Gasteiger partial charge in [0.1, 0.15) is 0 Å². The maximum Gasteiger partial charge on any atom is 0.359 e. The summed E-state index contributed by atoms with van der Waals surface area (Å²) in [5, 5.41) is 0. The molecule has 3 heteroatoms. The van der Waals surface area contributed by atoms with Gasteiger partial charge >= 0.3 is 6.11 Å². The van der Waals surface area contributed by atoms with Crippen LogP contribution in [0.4, 0.5) is 8.78 Å². The van der Waals surface area contributed by atoms with E-state index in [4.69, 9.17) is 0 Å². The highest BCUT2D eigenvalue weighted by atomic mass is 19.3. The first-order chi connectivity index (χ1) is 9.61. The molecule has 0 aromatic heterocycles. The predicted molar refractivity (Wildman–Crippen MR) is 77.6 cm³/mol. The molecule has 2 aliphatic rings. The minimum Gasteiger partial charge on any atom is -0.316 e. The van der Waals surface area contributed by atoms with Gasteiger partial charge in [-0.25, -0.2) is 0 Å². The molecule has 112 valence electrons. The Morgan fingerprint density at radius 2 is 2.00 bits per heavy atom. The summed E-state index contributed by atoms with van der Waals surface area (Å²) in [5.41, 5.74) is 1.09. The number of rotatable bonds is 5. The third-order valence-corrected chi connectivity index (χ3v) is 4.29. The van der Waals surface area contributed by atoms with Crippen LogP contribution in [0, 0.1) is 11.8 Å². The number of halogens is 2. The largest absolute Gasteiger partial charge is 0.359 e. The Morgan fingerprint density at radius 3 is 2.60 bits per heavy atom. The molecule has 1 aliphatic carbocycles. The van der Waals surface area contributed by atoms with E-state index in [9.17, 15) is 8.78 Å². The molecule has 1 fully saturated rings. The molecular weight excluding hydrogens is 258 g/mol. The van der Waals surface area contributed by atoms with E-state index in [2.05, 4.69) is 23.5 Å². The minimum absolute atomic E-state index is 0.109. The Labute approximate surface area is 120 Å². The Bertz CT molecular complexity index is 376. The van der Waals surface area contributed by atoms with Gasteiger partial charge in [0.05, 0.1) is 13.0 Å². The molecule has 0 amide bonds. The fraction of sp³-hybridized carbons (Fsp3) is 0.647. The van der Waals surface area contributed by atoms with E-state index >= 15 is 0 Å². The van der Waals surface area contributed by atoms with Gasteiger partial charge in [0, 0.05) is 0 Å². The number of hydrogen-bond acceptors (Lipinski definition) is 1. The van der Waals surface area contributed by atoms with Crippen molar-refractivity contribution in [3.05, 3.63) is 36.5 Å². The molecule has 20 heavy (non-hydrogen) atoms. The van der Waals surface area contributed by atoms with Crippen LogP contribution in [0.2, 0.25) is 0 Å². The van der Waals surface area contributed by atoms with Crippen LogP contribution in [0.3, 0.4) is 0 Å². The lowest BCUT2D eigenvalue weighted by Gasteiger charge is -2.31. The molecule has 0 aromatic carbocycles. The van der Waals surface area contributed by atoms with Crippen molar-refractivity contribution in [1.29, 1.82) is 0 Å². The minimum atomic E-state index is -2.95. The van der Waals surface area contributed by atoms with E-state index in [0.29, 0.717) is 11.8 Å². The number of unbranched alkanes of at least 4 members (excludes halogenated alkanes) is 1. The number of allylic oxidation sites excluding steroid dienone is 3. The molecule has 0 spiro atoms. The maximum atomic E-state index is 12.9. The number of hydrogen-bond donors (Lipinski definition) is 0. The summed E-state index contributed by atoms with van der Waals surface area (Å²) in [5.74, 6) is 1.10. The van der Waals surface area contributed by atoms with Gasteiger partial charge in [-0.05, 0) is 55.9 Å². The molecule has 0 radical (unpaired) electrons. The van der Waals surface area contributed by atoms with E-state index in [1.165, 1.54) is 0 Å². The summed E-state index contributed by atoms with van der Waals surface area (Å²) >= 11 is 0. The molecule has 0 saturated heterocycles. The normalized spacial score (nSPS) is 30.2. The van der Waals surface area contributed by atoms with E-state index in [0.717, 1.165) is 44.1 Å². The van der Waals surface area contributed by atoms with Crippen molar-refractivity contribution < 1.29 is 13.5 Å². The maximum absolute atomic E-state index is 12.9. The van der Waals surface area contributed by atoms with Crippen molar-refractivity contribution in [1.82, 2.24) is 0 Å². The van der Waals surface area contributed by atoms with Gasteiger partial charge in [0.2, 0.25) is 0 Å². The van der Waals surface area contributed by atoms with Crippen LogP contribution >= 0.6 is 0 Å². The third kappa shape index (κ3) is 4.55. The van der Waals surface area contributed by atoms with Gasteiger partial charge in [0.15, 0.2) is 0 Å². The molecule has 0 aromatic rings. The molecule has 1 heterocycles. The molecule has 0 atom stereocenters. The number of ether oxygens (including phenoxy) is 1. The van der Waals surface area contributed by atoms with Crippen LogP contribution in [0.1, 0.15) is 44.9 Å². The lowest BCUT2D eigenvalue weighted by molar-refractivity contribution is -0.236. The standard InChI is InChI=1S/C17H24F2O/c1-2-3-4-5-6-14-7-9-15(10-8-14)16-11-12-17(18,19)20-13-16/h2,5-6,11,14-15H,1,3-4,7-10,12-13H2/b6-5+. The van der Waals surface area contributed by atoms with Gasteiger partial charge in [-0.1, -0.05) is 24.3 Å². The average molecular weight is 282 g/mol. The Hall–Kier alpha value is -0.960. The van der Waals surface area contributed by atoms with Crippen molar-refractivity contribution in [3.63, 3.8) is 0 Å². The number of alkyl halides is 2. The van der Waals surface area contributed by atoms with Crippen LogP contribution in [0.5, 0.6) is 0 Å². The zero-order valence-corrected chi connectivity index (χ0v) is 12.0. The molecule has 1 nitrogen and oxygen atoms in total. The summed E-state index contributed by atoms with van der Waals surface area (Å²) in [7, 11) is 0. The third-order valence-electron chi connectivity index (χ3n) is 4.29. The van der Waals surface area contributed by atoms with Crippen LogP contribution < -0.4 is 0 Å². The first-order valence-electron chi connectivity index (χ1n) is 7.59. The average Bonchev–Trinajstić information content (AvgIpc) is 2.45. The highest BCUT2D eigenvalue weighted by Crippen LogP contribution is 2.37. The highest BCUT2D eigenvalue weighted by molar-refractivity contribution is 5.12.